The van der Waals surface area contributed by atoms with Gasteiger partial charge < -0.3 is 4.79 Å². The molecule has 0 saturated carbocycles. The minimum Gasteiger partial charge on any atom is -0.303 e. The summed E-state index contributed by atoms with van der Waals surface area (Å²) < 4.78 is 39.3. The molecule has 1 atom stereocenters. The lowest BCUT2D eigenvalue weighted by molar-refractivity contribution is -0.108. The molecule has 19 heavy (non-hydrogen) atoms. The molecule has 0 aromatic heterocycles. The zero-order chi connectivity index (χ0) is 13.8. The second-order valence-corrected chi connectivity index (χ2v) is 4.21. The largest absolute Gasteiger partial charge is 0.303 e. The van der Waals surface area contributed by atoms with E-state index < -0.39 is 23.4 Å². The Kier molecular flexibility index (Phi) is 4.00. The summed E-state index contributed by atoms with van der Waals surface area (Å²) in [6.07, 6.45) is 0.755. The van der Waals surface area contributed by atoms with Crippen molar-refractivity contribution in [3.8, 4) is 0 Å². The molecular formula is C15H11F3O. The number of halogens is 3. The van der Waals surface area contributed by atoms with E-state index in [2.05, 4.69) is 0 Å². The fourth-order valence-electron chi connectivity index (χ4n) is 2.03. The lowest BCUT2D eigenvalue weighted by atomic mass is 9.89. The van der Waals surface area contributed by atoms with Gasteiger partial charge in [0, 0.05) is 18.4 Å². The Morgan fingerprint density at radius 2 is 1.42 bits per heavy atom. The molecule has 0 amide bonds. The van der Waals surface area contributed by atoms with E-state index in [0.717, 1.165) is 6.07 Å². The molecule has 0 aliphatic heterocycles. The van der Waals surface area contributed by atoms with Crippen molar-refractivity contribution in [3.63, 3.8) is 0 Å². The van der Waals surface area contributed by atoms with Crippen LogP contribution in [0.1, 0.15) is 23.5 Å². The standard InChI is InChI=1S/C15H11F3O/c16-12-3-1-10(2-4-12)15(5-6-19)11-7-13(17)9-14(18)8-11/h1-4,6-9,15H,5H2/t15-/m0/s1. The molecule has 0 unspecified atom stereocenters. The lowest BCUT2D eigenvalue weighted by Gasteiger charge is -2.15. The Labute approximate surface area is 108 Å². The van der Waals surface area contributed by atoms with Crippen molar-refractivity contribution in [2.75, 3.05) is 0 Å². The molecular weight excluding hydrogens is 253 g/mol. The van der Waals surface area contributed by atoms with Crippen LogP contribution >= 0.6 is 0 Å². The van der Waals surface area contributed by atoms with Crippen LogP contribution in [-0.2, 0) is 4.79 Å². The van der Waals surface area contributed by atoms with Gasteiger partial charge in [0.15, 0.2) is 0 Å². The van der Waals surface area contributed by atoms with Gasteiger partial charge in [0.2, 0.25) is 0 Å². The van der Waals surface area contributed by atoms with Gasteiger partial charge >= 0.3 is 0 Å². The van der Waals surface area contributed by atoms with Crippen LogP contribution in [0, 0.1) is 17.5 Å². The van der Waals surface area contributed by atoms with Gasteiger partial charge in [0.25, 0.3) is 0 Å². The van der Waals surface area contributed by atoms with Crippen LogP contribution in [-0.4, -0.2) is 6.29 Å². The Morgan fingerprint density at radius 3 is 1.95 bits per heavy atom. The molecule has 0 fully saturated rings. The van der Waals surface area contributed by atoms with E-state index in [1.165, 1.54) is 36.4 Å². The van der Waals surface area contributed by atoms with Gasteiger partial charge in [-0.1, -0.05) is 12.1 Å². The van der Waals surface area contributed by atoms with Gasteiger partial charge in [0.1, 0.15) is 23.7 Å². The average molecular weight is 264 g/mol. The van der Waals surface area contributed by atoms with Crippen molar-refractivity contribution in [2.24, 2.45) is 0 Å². The minimum absolute atomic E-state index is 0.0779. The Balaban J connectivity index is 2.44. The summed E-state index contributed by atoms with van der Waals surface area (Å²) in [5.74, 6) is -2.29. The van der Waals surface area contributed by atoms with Crippen molar-refractivity contribution in [2.45, 2.75) is 12.3 Å². The zero-order valence-electron chi connectivity index (χ0n) is 9.95. The summed E-state index contributed by atoms with van der Waals surface area (Å²) >= 11 is 0. The SMILES string of the molecule is O=CC[C@@H](c1ccc(F)cc1)c1cc(F)cc(F)c1. The first-order chi connectivity index (χ1) is 9.10. The molecule has 4 heteroatoms. The highest BCUT2D eigenvalue weighted by Crippen LogP contribution is 2.28. The number of hydrogen-bond donors (Lipinski definition) is 0. The smallest absolute Gasteiger partial charge is 0.126 e. The van der Waals surface area contributed by atoms with Crippen LogP contribution in [0.15, 0.2) is 42.5 Å². The molecule has 0 aliphatic carbocycles. The fourth-order valence-corrected chi connectivity index (χ4v) is 2.03. The first kappa shape index (κ1) is 13.3. The van der Waals surface area contributed by atoms with E-state index in [1.807, 2.05) is 0 Å². The third-order valence-electron chi connectivity index (χ3n) is 2.89. The van der Waals surface area contributed by atoms with Gasteiger partial charge in [-0.05, 0) is 35.4 Å². The Bertz CT molecular complexity index is 558. The molecule has 0 radical (unpaired) electrons. The topological polar surface area (TPSA) is 17.1 Å². The highest BCUT2D eigenvalue weighted by Gasteiger charge is 2.16. The lowest BCUT2D eigenvalue weighted by Crippen LogP contribution is -2.03. The molecule has 2 aromatic carbocycles. The monoisotopic (exact) mass is 264 g/mol. The van der Waals surface area contributed by atoms with Crippen LogP contribution in [0.25, 0.3) is 0 Å². The van der Waals surface area contributed by atoms with Gasteiger partial charge in [-0.25, -0.2) is 13.2 Å². The highest BCUT2D eigenvalue weighted by molar-refractivity contribution is 5.54. The van der Waals surface area contributed by atoms with Crippen LogP contribution < -0.4 is 0 Å². The summed E-state index contributed by atoms with van der Waals surface area (Å²) in [5, 5.41) is 0. The van der Waals surface area contributed by atoms with Crippen molar-refractivity contribution in [3.05, 3.63) is 71.0 Å². The third-order valence-corrected chi connectivity index (χ3v) is 2.89. The fraction of sp³-hybridized carbons (Fsp3) is 0.133. The van der Waals surface area contributed by atoms with Gasteiger partial charge in [-0.2, -0.15) is 0 Å². The van der Waals surface area contributed by atoms with Crippen molar-refractivity contribution < 1.29 is 18.0 Å². The van der Waals surface area contributed by atoms with Crippen LogP contribution in [0.2, 0.25) is 0 Å². The Morgan fingerprint density at radius 1 is 0.842 bits per heavy atom. The second kappa shape index (κ2) is 5.69. The molecule has 2 aromatic rings. The number of aldehydes is 1. The minimum atomic E-state index is -0.701. The third kappa shape index (κ3) is 3.22. The van der Waals surface area contributed by atoms with E-state index in [1.54, 1.807) is 0 Å². The molecule has 0 saturated heterocycles. The maximum Gasteiger partial charge on any atom is 0.126 e. The van der Waals surface area contributed by atoms with Crippen LogP contribution in [0.3, 0.4) is 0 Å². The molecule has 1 nitrogen and oxygen atoms in total. The summed E-state index contributed by atoms with van der Waals surface area (Å²) in [5.41, 5.74) is 0.995. The van der Waals surface area contributed by atoms with Gasteiger partial charge in [0.05, 0.1) is 0 Å². The number of rotatable bonds is 4. The predicted molar refractivity (Wildman–Crippen MR) is 65.3 cm³/mol. The van der Waals surface area contributed by atoms with Crippen molar-refractivity contribution in [1.82, 2.24) is 0 Å². The predicted octanol–water partition coefficient (Wildman–Crippen LogP) is 3.82. The average Bonchev–Trinajstić information content (AvgIpc) is 2.36. The zero-order valence-corrected chi connectivity index (χ0v) is 9.95. The highest BCUT2D eigenvalue weighted by atomic mass is 19.1. The molecule has 0 spiro atoms. The summed E-state index contributed by atoms with van der Waals surface area (Å²) in [7, 11) is 0. The number of carbonyl (C=O) groups excluding carboxylic acids is 1. The molecule has 0 aliphatic rings. The van der Waals surface area contributed by atoms with Crippen molar-refractivity contribution in [1.29, 1.82) is 0 Å². The van der Waals surface area contributed by atoms with Crippen molar-refractivity contribution >= 4 is 6.29 Å². The molecule has 0 N–H and O–H groups in total. The first-order valence-corrected chi connectivity index (χ1v) is 5.75. The number of hydrogen-bond acceptors (Lipinski definition) is 1. The van der Waals surface area contributed by atoms with E-state index in [0.29, 0.717) is 17.4 Å². The van der Waals surface area contributed by atoms with Gasteiger partial charge in [-0.15, -0.1) is 0 Å². The maximum atomic E-state index is 13.2. The molecule has 2 rings (SSSR count). The van der Waals surface area contributed by atoms with E-state index >= 15 is 0 Å². The second-order valence-electron chi connectivity index (χ2n) is 4.21. The quantitative estimate of drug-likeness (QED) is 0.767. The summed E-state index contributed by atoms with van der Waals surface area (Å²) in [6, 6.07) is 8.65. The molecule has 98 valence electrons. The summed E-state index contributed by atoms with van der Waals surface area (Å²) in [6.45, 7) is 0. The summed E-state index contributed by atoms with van der Waals surface area (Å²) in [4.78, 5) is 10.7. The number of carbonyl (C=O) groups is 1. The molecule has 0 heterocycles. The van der Waals surface area contributed by atoms with Crippen LogP contribution in [0.4, 0.5) is 13.2 Å². The normalized spacial score (nSPS) is 12.2. The van der Waals surface area contributed by atoms with Gasteiger partial charge in [-0.3, -0.25) is 0 Å². The number of benzene rings is 2. The maximum absolute atomic E-state index is 13.2. The Hall–Kier alpha value is -2.10. The van der Waals surface area contributed by atoms with E-state index in [9.17, 15) is 18.0 Å². The first-order valence-electron chi connectivity index (χ1n) is 5.75. The van der Waals surface area contributed by atoms with Crippen LogP contribution in [0.5, 0.6) is 0 Å². The van der Waals surface area contributed by atoms with E-state index in [4.69, 9.17) is 0 Å². The van der Waals surface area contributed by atoms with E-state index in [-0.39, 0.29) is 6.42 Å². The molecule has 0 bridgehead atoms.